The first-order chi connectivity index (χ1) is 9.45. The molecule has 0 heterocycles. The largest absolute Gasteiger partial charge is 0.416 e. The van der Waals surface area contributed by atoms with E-state index in [0.717, 1.165) is 18.2 Å². The molecule has 2 aromatic rings. The van der Waals surface area contributed by atoms with Gasteiger partial charge in [0, 0.05) is 11.1 Å². The SMILES string of the molecule is N#Cc1ccc(C(F)(F)F)cc1-c1ccc(C=O)cc1. The number of carbonyl (C=O) groups is 1. The number of nitriles is 1. The Morgan fingerprint density at radius 3 is 2.20 bits per heavy atom. The van der Waals surface area contributed by atoms with Crippen molar-refractivity contribution >= 4 is 6.29 Å². The fraction of sp³-hybridized carbons (Fsp3) is 0.0667. The Morgan fingerprint density at radius 1 is 1.05 bits per heavy atom. The van der Waals surface area contributed by atoms with Crippen LogP contribution in [0.2, 0.25) is 0 Å². The maximum Gasteiger partial charge on any atom is 0.416 e. The van der Waals surface area contributed by atoms with E-state index in [2.05, 4.69) is 0 Å². The van der Waals surface area contributed by atoms with Crippen LogP contribution in [0.3, 0.4) is 0 Å². The summed E-state index contributed by atoms with van der Waals surface area (Å²) in [6.45, 7) is 0. The molecule has 0 saturated carbocycles. The van der Waals surface area contributed by atoms with Crippen LogP contribution in [0, 0.1) is 11.3 Å². The van der Waals surface area contributed by atoms with Crippen LogP contribution in [0.15, 0.2) is 42.5 Å². The minimum absolute atomic E-state index is 0.150. The van der Waals surface area contributed by atoms with Crippen molar-refractivity contribution < 1.29 is 18.0 Å². The van der Waals surface area contributed by atoms with Crippen LogP contribution < -0.4 is 0 Å². The second kappa shape index (κ2) is 5.17. The number of hydrogen-bond acceptors (Lipinski definition) is 2. The Hall–Kier alpha value is -2.61. The summed E-state index contributed by atoms with van der Waals surface area (Å²) in [5.41, 5.74) is 0.403. The highest BCUT2D eigenvalue weighted by molar-refractivity contribution is 5.78. The molecular formula is C15H8F3NO. The van der Waals surface area contributed by atoms with Crippen LogP contribution in [0.5, 0.6) is 0 Å². The second-order valence-electron chi connectivity index (χ2n) is 4.11. The number of halogens is 3. The van der Waals surface area contributed by atoms with Gasteiger partial charge in [0.25, 0.3) is 0 Å². The third-order valence-electron chi connectivity index (χ3n) is 2.83. The third kappa shape index (κ3) is 2.69. The van der Waals surface area contributed by atoms with Gasteiger partial charge in [-0.1, -0.05) is 24.3 Å². The van der Waals surface area contributed by atoms with E-state index in [0.29, 0.717) is 17.4 Å². The van der Waals surface area contributed by atoms with Gasteiger partial charge in [-0.2, -0.15) is 18.4 Å². The molecular weight excluding hydrogens is 267 g/mol. The van der Waals surface area contributed by atoms with Crippen molar-refractivity contribution in [1.82, 2.24) is 0 Å². The van der Waals surface area contributed by atoms with Crippen molar-refractivity contribution in [3.05, 3.63) is 59.2 Å². The minimum atomic E-state index is -4.47. The zero-order valence-electron chi connectivity index (χ0n) is 10.1. The lowest BCUT2D eigenvalue weighted by Crippen LogP contribution is -2.05. The fourth-order valence-electron chi connectivity index (χ4n) is 1.80. The molecule has 0 aromatic heterocycles. The standard InChI is InChI=1S/C15H8F3NO/c16-15(17,18)13-6-5-12(8-19)14(7-13)11-3-1-10(9-20)2-4-11/h1-7,9H. The van der Waals surface area contributed by atoms with Crippen molar-refractivity contribution in [2.24, 2.45) is 0 Å². The predicted molar refractivity (Wildman–Crippen MR) is 67.0 cm³/mol. The third-order valence-corrected chi connectivity index (χ3v) is 2.83. The molecule has 2 rings (SSSR count). The highest BCUT2D eigenvalue weighted by Gasteiger charge is 2.31. The lowest BCUT2D eigenvalue weighted by atomic mass is 9.97. The van der Waals surface area contributed by atoms with Gasteiger partial charge in [-0.3, -0.25) is 4.79 Å². The first kappa shape index (κ1) is 13.8. The summed E-state index contributed by atoms with van der Waals surface area (Å²) in [6, 6.07) is 10.8. The molecule has 0 spiro atoms. The minimum Gasteiger partial charge on any atom is -0.298 e. The second-order valence-corrected chi connectivity index (χ2v) is 4.11. The number of benzene rings is 2. The number of hydrogen-bond donors (Lipinski definition) is 0. The topological polar surface area (TPSA) is 40.9 Å². The first-order valence-electron chi connectivity index (χ1n) is 5.62. The summed E-state index contributed by atoms with van der Waals surface area (Å²) in [7, 11) is 0. The van der Waals surface area contributed by atoms with Gasteiger partial charge in [0.2, 0.25) is 0 Å². The quantitative estimate of drug-likeness (QED) is 0.775. The molecule has 100 valence electrons. The summed E-state index contributed by atoms with van der Waals surface area (Å²) < 4.78 is 38.1. The molecule has 0 unspecified atom stereocenters. The van der Waals surface area contributed by atoms with Crippen LogP contribution in [-0.2, 0) is 6.18 Å². The van der Waals surface area contributed by atoms with E-state index < -0.39 is 11.7 Å². The Morgan fingerprint density at radius 2 is 1.70 bits per heavy atom. The molecule has 0 N–H and O–H groups in total. The van der Waals surface area contributed by atoms with Gasteiger partial charge in [-0.15, -0.1) is 0 Å². The zero-order valence-corrected chi connectivity index (χ0v) is 10.1. The van der Waals surface area contributed by atoms with Crippen LogP contribution >= 0.6 is 0 Å². The molecule has 0 bridgehead atoms. The van der Waals surface area contributed by atoms with Gasteiger partial charge in [0.15, 0.2) is 0 Å². The fourth-order valence-corrected chi connectivity index (χ4v) is 1.80. The van der Waals surface area contributed by atoms with Gasteiger partial charge < -0.3 is 0 Å². The monoisotopic (exact) mass is 275 g/mol. The van der Waals surface area contributed by atoms with E-state index in [-0.39, 0.29) is 11.1 Å². The maximum absolute atomic E-state index is 12.7. The molecule has 0 fully saturated rings. The van der Waals surface area contributed by atoms with Crippen LogP contribution in [0.4, 0.5) is 13.2 Å². The molecule has 0 atom stereocenters. The van der Waals surface area contributed by atoms with Crippen molar-refractivity contribution in [2.75, 3.05) is 0 Å². The van der Waals surface area contributed by atoms with E-state index in [1.807, 2.05) is 6.07 Å². The molecule has 5 heteroatoms. The number of rotatable bonds is 2. The molecule has 0 aliphatic heterocycles. The van der Waals surface area contributed by atoms with E-state index in [1.165, 1.54) is 24.3 Å². The summed E-state index contributed by atoms with van der Waals surface area (Å²) in [6.07, 6.45) is -3.83. The van der Waals surface area contributed by atoms with Crippen molar-refractivity contribution in [3.8, 4) is 17.2 Å². The van der Waals surface area contributed by atoms with Crippen LogP contribution in [-0.4, -0.2) is 6.29 Å². The molecule has 0 aliphatic carbocycles. The highest BCUT2D eigenvalue weighted by atomic mass is 19.4. The predicted octanol–water partition coefficient (Wildman–Crippen LogP) is 4.06. The van der Waals surface area contributed by atoms with Crippen molar-refractivity contribution in [2.45, 2.75) is 6.18 Å². The van der Waals surface area contributed by atoms with Gasteiger partial charge >= 0.3 is 6.18 Å². The highest BCUT2D eigenvalue weighted by Crippen LogP contribution is 2.33. The summed E-state index contributed by atoms with van der Waals surface area (Å²) >= 11 is 0. The first-order valence-corrected chi connectivity index (χ1v) is 5.62. The molecule has 20 heavy (non-hydrogen) atoms. The lowest BCUT2D eigenvalue weighted by Gasteiger charge is -2.10. The van der Waals surface area contributed by atoms with Crippen LogP contribution in [0.25, 0.3) is 11.1 Å². The Labute approximate surface area is 113 Å². The lowest BCUT2D eigenvalue weighted by molar-refractivity contribution is -0.137. The van der Waals surface area contributed by atoms with Crippen molar-refractivity contribution in [1.29, 1.82) is 5.26 Å². The van der Waals surface area contributed by atoms with Gasteiger partial charge in [0.1, 0.15) is 6.29 Å². The molecule has 0 aliphatic rings. The molecule has 2 aromatic carbocycles. The number of alkyl halides is 3. The Bertz CT molecular complexity index is 682. The maximum atomic E-state index is 12.7. The summed E-state index contributed by atoms with van der Waals surface area (Å²) in [5.74, 6) is 0. The summed E-state index contributed by atoms with van der Waals surface area (Å²) in [5, 5.41) is 8.99. The van der Waals surface area contributed by atoms with Crippen molar-refractivity contribution in [3.63, 3.8) is 0 Å². The number of nitrogens with zero attached hydrogens (tertiary/aromatic N) is 1. The van der Waals surface area contributed by atoms with E-state index >= 15 is 0 Å². The van der Waals surface area contributed by atoms with E-state index in [1.54, 1.807) is 0 Å². The van der Waals surface area contributed by atoms with Crippen LogP contribution in [0.1, 0.15) is 21.5 Å². The Balaban J connectivity index is 2.58. The van der Waals surface area contributed by atoms with Gasteiger partial charge in [-0.05, 0) is 23.8 Å². The molecule has 2 nitrogen and oxygen atoms in total. The average Bonchev–Trinajstić information content (AvgIpc) is 2.45. The van der Waals surface area contributed by atoms with Gasteiger partial charge in [0.05, 0.1) is 17.2 Å². The molecule has 0 amide bonds. The smallest absolute Gasteiger partial charge is 0.298 e. The Kier molecular flexibility index (Phi) is 3.57. The normalized spacial score (nSPS) is 10.9. The molecule has 0 saturated heterocycles. The zero-order chi connectivity index (χ0) is 14.8. The average molecular weight is 275 g/mol. The van der Waals surface area contributed by atoms with Gasteiger partial charge in [-0.25, -0.2) is 0 Å². The molecule has 0 radical (unpaired) electrons. The van der Waals surface area contributed by atoms with E-state index in [9.17, 15) is 18.0 Å². The summed E-state index contributed by atoms with van der Waals surface area (Å²) in [4.78, 5) is 10.6. The number of carbonyl (C=O) groups excluding carboxylic acids is 1. The number of aldehydes is 1. The van der Waals surface area contributed by atoms with E-state index in [4.69, 9.17) is 5.26 Å².